The van der Waals surface area contributed by atoms with Crippen LogP contribution in [0.2, 0.25) is 5.02 Å². The maximum atomic E-state index is 13.8. The molecular formula is C11H8ClFO2. The summed E-state index contributed by atoms with van der Waals surface area (Å²) < 4.78 is 23.8. The van der Waals surface area contributed by atoms with E-state index in [2.05, 4.69) is 0 Å². The highest BCUT2D eigenvalue weighted by molar-refractivity contribution is 6.33. The van der Waals surface area contributed by atoms with Gasteiger partial charge in [-0.2, -0.15) is 0 Å². The van der Waals surface area contributed by atoms with E-state index in [4.69, 9.17) is 20.8 Å². The third-order valence-electron chi connectivity index (χ3n) is 2.04. The van der Waals surface area contributed by atoms with E-state index in [1.54, 1.807) is 18.2 Å². The van der Waals surface area contributed by atoms with Gasteiger partial charge in [0, 0.05) is 0 Å². The van der Waals surface area contributed by atoms with E-state index in [1.165, 1.54) is 19.4 Å². The van der Waals surface area contributed by atoms with Crippen molar-refractivity contribution in [2.24, 2.45) is 0 Å². The average Bonchev–Trinajstić information content (AvgIpc) is 2.71. The SMILES string of the molecule is COc1ccc(Cl)c(-c2ccco2)c1F. The molecule has 0 saturated carbocycles. The lowest BCUT2D eigenvalue weighted by Crippen LogP contribution is -1.91. The number of halogens is 2. The van der Waals surface area contributed by atoms with Crippen molar-refractivity contribution in [3.05, 3.63) is 41.4 Å². The lowest BCUT2D eigenvalue weighted by molar-refractivity contribution is 0.386. The van der Waals surface area contributed by atoms with Gasteiger partial charge in [0.25, 0.3) is 0 Å². The summed E-state index contributed by atoms with van der Waals surface area (Å²) in [6, 6.07) is 6.36. The standard InChI is InChI=1S/C11H8ClFO2/c1-14-9-5-4-7(12)10(11(9)13)8-3-2-6-15-8/h2-6H,1H3. The van der Waals surface area contributed by atoms with Gasteiger partial charge >= 0.3 is 0 Å². The third-order valence-corrected chi connectivity index (χ3v) is 2.36. The number of benzene rings is 1. The molecule has 0 saturated heterocycles. The number of ether oxygens (including phenoxy) is 1. The number of rotatable bonds is 2. The van der Waals surface area contributed by atoms with Gasteiger partial charge in [0.05, 0.1) is 24.0 Å². The fraction of sp³-hybridized carbons (Fsp3) is 0.0909. The van der Waals surface area contributed by atoms with Crippen molar-refractivity contribution in [3.63, 3.8) is 0 Å². The molecule has 78 valence electrons. The smallest absolute Gasteiger partial charge is 0.177 e. The lowest BCUT2D eigenvalue weighted by atomic mass is 10.1. The molecule has 1 heterocycles. The van der Waals surface area contributed by atoms with Gasteiger partial charge < -0.3 is 9.15 Å². The highest BCUT2D eigenvalue weighted by Crippen LogP contribution is 2.35. The minimum atomic E-state index is -0.514. The largest absolute Gasteiger partial charge is 0.494 e. The highest BCUT2D eigenvalue weighted by atomic mass is 35.5. The Morgan fingerprint density at radius 1 is 1.33 bits per heavy atom. The Morgan fingerprint density at radius 2 is 2.13 bits per heavy atom. The van der Waals surface area contributed by atoms with Crippen molar-refractivity contribution < 1.29 is 13.5 Å². The van der Waals surface area contributed by atoms with Crippen molar-refractivity contribution >= 4 is 11.6 Å². The quantitative estimate of drug-likeness (QED) is 0.778. The first-order valence-corrected chi connectivity index (χ1v) is 4.67. The number of methoxy groups -OCH3 is 1. The van der Waals surface area contributed by atoms with Gasteiger partial charge in [-0.15, -0.1) is 0 Å². The normalized spacial score (nSPS) is 10.3. The second-order valence-corrected chi connectivity index (χ2v) is 3.32. The highest BCUT2D eigenvalue weighted by Gasteiger charge is 2.16. The predicted octanol–water partition coefficient (Wildman–Crippen LogP) is 3.75. The maximum Gasteiger partial charge on any atom is 0.177 e. The molecule has 0 radical (unpaired) electrons. The molecular weight excluding hydrogens is 219 g/mol. The Hall–Kier alpha value is -1.48. The molecule has 2 nitrogen and oxygen atoms in total. The molecule has 1 aromatic carbocycles. The number of hydrogen-bond acceptors (Lipinski definition) is 2. The van der Waals surface area contributed by atoms with Gasteiger partial charge in [0.2, 0.25) is 0 Å². The van der Waals surface area contributed by atoms with Gasteiger partial charge in [-0.05, 0) is 24.3 Å². The first kappa shape index (κ1) is 10.1. The Labute approximate surface area is 91.2 Å². The molecule has 15 heavy (non-hydrogen) atoms. The van der Waals surface area contributed by atoms with E-state index < -0.39 is 5.82 Å². The fourth-order valence-corrected chi connectivity index (χ4v) is 1.58. The zero-order valence-electron chi connectivity index (χ0n) is 7.96. The van der Waals surface area contributed by atoms with E-state index in [0.29, 0.717) is 10.8 Å². The van der Waals surface area contributed by atoms with E-state index in [0.717, 1.165) is 0 Å². The summed E-state index contributed by atoms with van der Waals surface area (Å²) in [7, 11) is 1.40. The summed E-state index contributed by atoms with van der Waals surface area (Å²) in [6.07, 6.45) is 1.46. The zero-order valence-corrected chi connectivity index (χ0v) is 8.72. The molecule has 0 fully saturated rings. The Balaban J connectivity index is 2.64. The Kier molecular flexibility index (Phi) is 2.64. The second kappa shape index (κ2) is 3.95. The van der Waals surface area contributed by atoms with Crippen molar-refractivity contribution in [2.45, 2.75) is 0 Å². The Morgan fingerprint density at radius 3 is 2.73 bits per heavy atom. The topological polar surface area (TPSA) is 22.4 Å². The molecule has 0 bridgehead atoms. The van der Waals surface area contributed by atoms with Crippen LogP contribution in [0.25, 0.3) is 11.3 Å². The lowest BCUT2D eigenvalue weighted by Gasteiger charge is -2.07. The minimum absolute atomic E-state index is 0.144. The van der Waals surface area contributed by atoms with E-state index in [-0.39, 0.29) is 11.3 Å². The van der Waals surface area contributed by atoms with Gasteiger partial charge in [0.1, 0.15) is 5.76 Å². The third kappa shape index (κ3) is 1.70. The maximum absolute atomic E-state index is 13.8. The number of furan rings is 1. The van der Waals surface area contributed by atoms with Gasteiger partial charge in [-0.1, -0.05) is 11.6 Å². The average molecular weight is 227 g/mol. The molecule has 1 aromatic heterocycles. The summed E-state index contributed by atoms with van der Waals surface area (Å²) in [5.74, 6) is 0.0159. The van der Waals surface area contributed by atoms with E-state index in [9.17, 15) is 4.39 Å². The summed E-state index contributed by atoms with van der Waals surface area (Å²) >= 11 is 5.89. The van der Waals surface area contributed by atoms with Crippen LogP contribution in [-0.4, -0.2) is 7.11 Å². The van der Waals surface area contributed by atoms with Crippen molar-refractivity contribution in [2.75, 3.05) is 7.11 Å². The monoisotopic (exact) mass is 226 g/mol. The van der Waals surface area contributed by atoms with Crippen LogP contribution in [0.15, 0.2) is 34.9 Å². The summed E-state index contributed by atoms with van der Waals surface area (Å²) in [4.78, 5) is 0. The van der Waals surface area contributed by atoms with Crippen LogP contribution >= 0.6 is 11.6 Å². The number of hydrogen-bond donors (Lipinski definition) is 0. The van der Waals surface area contributed by atoms with Crippen LogP contribution in [0.4, 0.5) is 4.39 Å². The predicted molar refractivity (Wildman–Crippen MR) is 55.7 cm³/mol. The van der Waals surface area contributed by atoms with Gasteiger partial charge in [0.15, 0.2) is 11.6 Å². The molecule has 0 spiro atoms. The second-order valence-electron chi connectivity index (χ2n) is 2.92. The van der Waals surface area contributed by atoms with E-state index >= 15 is 0 Å². The van der Waals surface area contributed by atoms with Gasteiger partial charge in [-0.3, -0.25) is 0 Å². The summed E-state index contributed by atoms with van der Waals surface area (Å²) in [6.45, 7) is 0. The van der Waals surface area contributed by atoms with Crippen LogP contribution in [0.1, 0.15) is 0 Å². The first-order valence-electron chi connectivity index (χ1n) is 4.30. The molecule has 2 rings (SSSR count). The molecule has 0 aliphatic carbocycles. The summed E-state index contributed by atoms with van der Waals surface area (Å²) in [5, 5.41) is 0.295. The van der Waals surface area contributed by atoms with Crippen molar-refractivity contribution in [1.82, 2.24) is 0 Å². The zero-order chi connectivity index (χ0) is 10.8. The minimum Gasteiger partial charge on any atom is -0.494 e. The van der Waals surface area contributed by atoms with Crippen LogP contribution < -0.4 is 4.74 Å². The first-order chi connectivity index (χ1) is 7.24. The van der Waals surface area contributed by atoms with Gasteiger partial charge in [-0.25, -0.2) is 4.39 Å². The Bertz CT molecular complexity index is 466. The molecule has 0 amide bonds. The summed E-state index contributed by atoms with van der Waals surface area (Å²) in [5.41, 5.74) is 0.223. The molecule has 0 N–H and O–H groups in total. The van der Waals surface area contributed by atoms with Crippen LogP contribution in [0, 0.1) is 5.82 Å². The molecule has 2 aromatic rings. The molecule has 0 aliphatic heterocycles. The van der Waals surface area contributed by atoms with Crippen LogP contribution in [-0.2, 0) is 0 Å². The van der Waals surface area contributed by atoms with E-state index in [1.807, 2.05) is 0 Å². The van der Waals surface area contributed by atoms with Crippen LogP contribution in [0.3, 0.4) is 0 Å². The molecule has 0 unspecified atom stereocenters. The molecule has 0 atom stereocenters. The molecule has 4 heteroatoms. The molecule has 0 aliphatic rings. The van der Waals surface area contributed by atoms with Crippen LogP contribution in [0.5, 0.6) is 5.75 Å². The fourth-order valence-electron chi connectivity index (χ4n) is 1.34. The van der Waals surface area contributed by atoms with Crippen molar-refractivity contribution in [3.8, 4) is 17.1 Å². The van der Waals surface area contributed by atoms with Crippen molar-refractivity contribution in [1.29, 1.82) is 0 Å².